The fraction of sp³-hybridized carbons (Fsp3) is 0.429. The highest BCUT2D eigenvalue weighted by Crippen LogP contribution is 2.30. The smallest absolute Gasteiger partial charge is 0.373 e. The Morgan fingerprint density at radius 1 is 0.857 bits per heavy atom. The molecule has 0 aliphatic rings. The molecule has 7 nitrogen and oxygen atoms in total. The number of rotatable bonds is 15. The second kappa shape index (κ2) is 15.4. The van der Waals surface area contributed by atoms with Gasteiger partial charge in [-0.3, -0.25) is 4.79 Å². The van der Waals surface area contributed by atoms with Crippen LogP contribution >= 0.6 is 0 Å². The average Bonchev–Trinajstić information content (AvgIpc) is 2.86. The number of nitrogens with one attached hydrogen (secondary N) is 1. The summed E-state index contributed by atoms with van der Waals surface area (Å²) in [5.41, 5.74) is 2.64. The van der Waals surface area contributed by atoms with Gasteiger partial charge in [0, 0.05) is 18.5 Å². The first-order chi connectivity index (χ1) is 17.0. The Bertz CT molecular complexity index is 968. The largest absolute Gasteiger partial charge is 0.490 e. The molecule has 2 rings (SSSR count). The van der Waals surface area contributed by atoms with Gasteiger partial charge >= 0.3 is 5.97 Å². The van der Waals surface area contributed by atoms with Crippen molar-refractivity contribution in [1.29, 1.82) is 0 Å². The number of unbranched alkanes of at least 4 members (excludes halogenated alkanes) is 1. The van der Waals surface area contributed by atoms with Crippen LogP contribution in [-0.2, 0) is 25.5 Å². The van der Waals surface area contributed by atoms with E-state index in [4.69, 9.17) is 18.9 Å². The zero-order valence-electron chi connectivity index (χ0n) is 21.2. The predicted octanol–water partition coefficient (Wildman–Crippen LogP) is 5.78. The molecular weight excluding hydrogens is 446 g/mol. The van der Waals surface area contributed by atoms with E-state index in [2.05, 4.69) is 12.2 Å². The molecule has 35 heavy (non-hydrogen) atoms. The highest BCUT2D eigenvalue weighted by atomic mass is 16.6. The number of carbonyl (C=O) groups excluding carboxylic acids is 2. The molecule has 0 fully saturated rings. The molecule has 0 unspecified atom stereocenters. The van der Waals surface area contributed by atoms with Crippen molar-refractivity contribution in [1.82, 2.24) is 0 Å². The van der Waals surface area contributed by atoms with Crippen molar-refractivity contribution in [2.24, 2.45) is 0 Å². The van der Waals surface area contributed by atoms with Gasteiger partial charge in [-0.05, 0) is 61.7 Å². The molecular formula is C28H37NO6. The topological polar surface area (TPSA) is 83.1 Å². The SMILES string of the molecule is CCCCOc1cc(/C=C(\OCC)C(=O)OCC)ccc1OCCc1ccc(NC(=O)CC)cc1. The molecule has 0 spiro atoms. The molecule has 0 saturated heterocycles. The Balaban J connectivity index is 2.10. The molecule has 0 aliphatic carbocycles. The molecule has 1 amide bonds. The molecule has 190 valence electrons. The van der Waals surface area contributed by atoms with E-state index < -0.39 is 5.97 Å². The lowest BCUT2D eigenvalue weighted by Gasteiger charge is -2.14. The van der Waals surface area contributed by atoms with Crippen LogP contribution in [0.15, 0.2) is 48.2 Å². The summed E-state index contributed by atoms with van der Waals surface area (Å²) < 4.78 is 22.6. The Kier molecular flexibility index (Phi) is 12.2. The van der Waals surface area contributed by atoms with Crippen molar-refractivity contribution < 1.29 is 28.5 Å². The minimum atomic E-state index is -0.497. The third kappa shape index (κ3) is 9.73. The van der Waals surface area contributed by atoms with Crippen molar-refractivity contribution in [3.63, 3.8) is 0 Å². The highest BCUT2D eigenvalue weighted by Gasteiger charge is 2.13. The third-order valence-electron chi connectivity index (χ3n) is 5.00. The van der Waals surface area contributed by atoms with E-state index in [-0.39, 0.29) is 18.3 Å². The van der Waals surface area contributed by atoms with Crippen LogP contribution in [0.2, 0.25) is 0 Å². The number of anilines is 1. The van der Waals surface area contributed by atoms with Gasteiger partial charge in [0.2, 0.25) is 11.7 Å². The minimum absolute atomic E-state index is 0.00869. The van der Waals surface area contributed by atoms with Crippen LogP contribution in [0.5, 0.6) is 11.5 Å². The Morgan fingerprint density at radius 3 is 2.23 bits per heavy atom. The van der Waals surface area contributed by atoms with Crippen molar-refractivity contribution in [2.45, 2.75) is 53.4 Å². The molecule has 0 aromatic heterocycles. The van der Waals surface area contributed by atoms with Crippen molar-refractivity contribution >= 4 is 23.6 Å². The number of amides is 1. The van der Waals surface area contributed by atoms with Gasteiger partial charge in [-0.2, -0.15) is 0 Å². The molecule has 0 atom stereocenters. The van der Waals surface area contributed by atoms with E-state index >= 15 is 0 Å². The molecule has 0 radical (unpaired) electrons. The molecule has 0 bridgehead atoms. The second-order valence-corrected chi connectivity index (χ2v) is 7.77. The molecule has 2 aromatic carbocycles. The fourth-order valence-electron chi connectivity index (χ4n) is 3.12. The lowest BCUT2D eigenvalue weighted by Crippen LogP contribution is -2.10. The van der Waals surface area contributed by atoms with E-state index in [0.29, 0.717) is 44.2 Å². The summed E-state index contributed by atoms with van der Waals surface area (Å²) in [5, 5.41) is 2.84. The summed E-state index contributed by atoms with van der Waals surface area (Å²) in [7, 11) is 0. The quantitative estimate of drug-likeness (QED) is 0.150. The van der Waals surface area contributed by atoms with Gasteiger partial charge in [0.05, 0.1) is 26.4 Å². The number of benzene rings is 2. The number of carbonyl (C=O) groups is 2. The number of hydrogen-bond acceptors (Lipinski definition) is 6. The van der Waals surface area contributed by atoms with Gasteiger partial charge in [0.15, 0.2) is 11.5 Å². The summed E-state index contributed by atoms with van der Waals surface area (Å²) in [6.45, 7) is 9.17. The van der Waals surface area contributed by atoms with E-state index in [9.17, 15) is 9.59 Å². The van der Waals surface area contributed by atoms with Crippen LogP contribution in [0.4, 0.5) is 5.69 Å². The summed E-state index contributed by atoms with van der Waals surface area (Å²) in [5.74, 6) is 0.902. The Labute approximate surface area is 208 Å². The van der Waals surface area contributed by atoms with E-state index in [1.165, 1.54) is 0 Å². The number of hydrogen-bond donors (Lipinski definition) is 1. The monoisotopic (exact) mass is 483 g/mol. The maximum Gasteiger partial charge on any atom is 0.373 e. The van der Waals surface area contributed by atoms with Crippen molar-refractivity contribution in [2.75, 3.05) is 31.7 Å². The van der Waals surface area contributed by atoms with E-state index in [0.717, 1.165) is 29.7 Å². The van der Waals surface area contributed by atoms with Crippen LogP contribution in [0.25, 0.3) is 6.08 Å². The van der Waals surface area contributed by atoms with Gasteiger partial charge in [0.1, 0.15) is 0 Å². The van der Waals surface area contributed by atoms with Gasteiger partial charge in [-0.15, -0.1) is 0 Å². The summed E-state index contributed by atoms with van der Waals surface area (Å²) in [6.07, 6.45) is 4.74. The first-order valence-corrected chi connectivity index (χ1v) is 12.3. The van der Waals surface area contributed by atoms with Crippen LogP contribution in [0, 0.1) is 0 Å². The summed E-state index contributed by atoms with van der Waals surface area (Å²) >= 11 is 0. The highest BCUT2D eigenvalue weighted by molar-refractivity contribution is 5.91. The average molecular weight is 484 g/mol. The van der Waals surface area contributed by atoms with Crippen LogP contribution < -0.4 is 14.8 Å². The second-order valence-electron chi connectivity index (χ2n) is 7.77. The molecule has 1 N–H and O–H groups in total. The minimum Gasteiger partial charge on any atom is -0.490 e. The summed E-state index contributed by atoms with van der Waals surface area (Å²) in [6, 6.07) is 13.3. The first-order valence-electron chi connectivity index (χ1n) is 12.3. The van der Waals surface area contributed by atoms with Gasteiger partial charge in [0.25, 0.3) is 0 Å². The van der Waals surface area contributed by atoms with Crippen LogP contribution in [0.1, 0.15) is 58.1 Å². The molecule has 0 saturated carbocycles. The molecule has 7 heteroatoms. The van der Waals surface area contributed by atoms with E-state index in [1.54, 1.807) is 13.0 Å². The lowest BCUT2D eigenvalue weighted by atomic mass is 10.1. The zero-order chi connectivity index (χ0) is 25.5. The van der Waals surface area contributed by atoms with Crippen molar-refractivity contribution in [3.8, 4) is 11.5 Å². The van der Waals surface area contributed by atoms with Crippen LogP contribution in [0.3, 0.4) is 0 Å². The maximum absolute atomic E-state index is 12.2. The van der Waals surface area contributed by atoms with Gasteiger partial charge in [-0.25, -0.2) is 4.79 Å². The zero-order valence-corrected chi connectivity index (χ0v) is 21.2. The lowest BCUT2D eigenvalue weighted by molar-refractivity contribution is -0.142. The Hall–Kier alpha value is -3.48. The predicted molar refractivity (Wildman–Crippen MR) is 138 cm³/mol. The standard InChI is InChI=1S/C28H37NO6/c1-5-9-17-34-25-19-22(20-26(32-7-3)28(31)33-8-4)12-15-24(25)35-18-16-21-10-13-23(14-11-21)29-27(30)6-2/h10-15,19-20H,5-9,16-18H2,1-4H3,(H,29,30)/b26-20-. The van der Waals surface area contributed by atoms with Crippen molar-refractivity contribution in [3.05, 3.63) is 59.4 Å². The first kappa shape index (κ1) is 27.8. The molecule has 0 heterocycles. The fourth-order valence-corrected chi connectivity index (χ4v) is 3.12. The summed E-state index contributed by atoms with van der Waals surface area (Å²) in [4.78, 5) is 23.7. The third-order valence-corrected chi connectivity index (χ3v) is 5.00. The van der Waals surface area contributed by atoms with E-state index in [1.807, 2.05) is 56.3 Å². The number of esters is 1. The van der Waals surface area contributed by atoms with Crippen LogP contribution in [-0.4, -0.2) is 38.3 Å². The molecule has 0 aliphatic heterocycles. The maximum atomic E-state index is 12.2. The number of ether oxygens (including phenoxy) is 4. The Morgan fingerprint density at radius 2 is 1.57 bits per heavy atom. The van der Waals surface area contributed by atoms with Gasteiger partial charge < -0.3 is 24.3 Å². The normalized spacial score (nSPS) is 11.0. The molecule has 2 aromatic rings. The van der Waals surface area contributed by atoms with Gasteiger partial charge in [-0.1, -0.05) is 38.5 Å².